The van der Waals surface area contributed by atoms with Gasteiger partial charge in [0, 0.05) is 5.38 Å². The van der Waals surface area contributed by atoms with E-state index in [1.165, 1.54) is 11.3 Å². The molecule has 3 aromatic rings. The minimum Gasteiger partial charge on any atom is -0.486 e. The number of hydrogen-bond acceptors (Lipinski definition) is 4. The second-order valence-electron chi connectivity index (χ2n) is 5.84. The summed E-state index contributed by atoms with van der Waals surface area (Å²) < 4.78 is 5.73. The number of hydrogen-bond donors (Lipinski definition) is 1. The lowest BCUT2D eigenvalue weighted by molar-refractivity contribution is 0.0935. The van der Waals surface area contributed by atoms with E-state index in [2.05, 4.69) is 10.3 Å². The first-order valence-corrected chi connectivity index (χ1v) is 8.99. The van der Waals surface area contributed by atoms with Crippen molar-refractivity contribution in [3.63, 3.8) is 0 Å². The zero-order valence-electron chi connectivity index (χ0n) is 14.2. The van der Waals surface area contributed by atoms with Crippen molar-refractivity contribution in [1.29, 1.82) is 0 Å². The molecule has 1 amide bonds. The lowest BCUT2D eigenvalue weighted by atomic mass is 10.1. The van der Waals surface area contributed by atoms with Gasteiger partial charge in [0.1, 0.15) is 23.1 Å². The molecule has 0 saturated carbocycles. The third-order valence-electron chi connectivity index (χ3n) is 3.78. The second-order valence-corrected chi connectivity index (χ2v) is 6.78. The van der Waals surface area contributed by atoms with Gasteiger partial charge < -0.3 is 10.1 Å². The number of thiazole rings is 1. The molecule has 0 fully saturated rings. The largest absolute Gasteiger partial charge is 0.486 e. The first-order chi connectivity index (χ1) is 12.1. The quantitative estimate of drug-likeness (QED) is 0.709. The Bertz CT molecular complexity index is 846. The number of aryl methyl sites for hydroxylation is 1. The molecule has 1 atom stereocenters. The number of benzene rings is 2. The molecule has 0 aliphatic rings. The molecule has 0 radical (unpaired) electrons. The number of nitrogens with one attached hydrogen (secondary N) is 1. The topological polar surface area (TPSA) is 51.2 Å². The molecule has 1 aromatic heterocycles. The van der Waals surface area contributed by atoms with E-state index in [9.17, 15) is 4.79 Å². The molecule has 2 aromatic carbocycles. The fourth-order valence-electron chi connectivity index (χ4n) is 2.43. The number of rotatable bonds is 6. The number of amides is 1. The average molecular weight is 352 g/mol. The minimum atomic E-state index is -0.172. The SMILES string of the molecule is Cc1cccc(OCc2nc(C(=O)NC(C)c3ccccc3)cs2)c1. The Hall–Kier alpha value is -2.66. The lowest BCUT2D eigenvalue weighted by Gasteiger charge is -2.13. The molecule has 0 spiro atoms. The molecule has 1 heterocycles. The summed E-state index contributed by atoms with van der Waals surface area (Å²) in [6, 6.07) is 17.7. The number of ether oxygens (including phenoxy) is 1. The van der Waals surface area contributed by atoms with Crippen molar-refractivity contribution in [1.82, 2.24) is 10.3 Å². The second kappa shape index (κ2) is 7.94. The summed E-state index contributed by atoms with van der Waals surface area (Å²) in [5.74, 6) is 0.633. The minimum absolute atomic E-state index is 0.0672. The highest BCUT2D eigenvalue weighted by atomic mass is 32.1. The van der Waals surface area contributed by atoms with Gasteiger partial charge in [-0.15, -0.1) is 11.3 Å². The fraction of sp³-hybridized carbons (Fsp3) is 0.200. The van der Waals surface area contributed by atoms with Gasteiger partial charge in [-0.2, -0.15) is 0 Å². The van der Waals surface area contributed by atoms with Crippen LogP contribution in [0, 0.1) is 6.92 Å². The van der Waals surface area contributed by atoms with Crippen LogP contribution in [0.1, 0.15) is 39.6 Å². The maximum Gasteiger partial charge on any atom is 0.271 e. The van der Waals surface area contributed by atoms with Gasteiger partial charge in [0.25, 0.3) is 5.91 Å². The molecule has 25 heavy (non-hydrogen) atoms. The Morgan fingerprint density at radius 3 is 2.76 bits per heavy atom. The van der Waals surface area contributed by atoms with E-state index in [4.69, 9.17) is 4.74 Å². The van der Waals surface area contributed by atoms with Gasteiger partial charge in [-0.1, -0.05) is 42.5 Å². The van der Waals surface area contributed by atoms with E-state index in [1.54, 1.807) is 5.38 Å². The smallest absolute Gasteiger partial charge is 0.271 e. The van der Waals surface area contributed by atoms with Crippen LogP contribution in [0.4, 0.5) is 0 Å². The van der Waals surface area contributed by atoms with E-state index < -0.39 is 0 Å². The van der Waals surface area contributed by atoms with Crippen LogP contribution >= 0.6 is 11.3 Å². The predicted octanol–water partition coefficient (Wildman–Crippen LogP) is 4.52. The summed E-state index contributed by atoms with van der Waals surface area (Å²) >= 11 is 1.43. The van der Waals surface area contributed by atoms with Crippen LogP contribution in [0.15, 0.2) is 60.0 Å². The van der Waals surface area contributed by atoms with Gasteiger partial charge in [-0.3, -0.25) is 4.79 Å². The first kappa shape index (κ1) is 17.2. The van der Waals surface area contributed by atoms with E-state index in [-0.39, 0.29) is 11.9 Å². The van der Waals surface area contributed by atoms with Crippen molar-refractivity contribution < 1.29 is 9.53 Å². The van der Waals surface area contributed by atoms with Crippen LogP contribution < -0.4 is 10.1 Å². The number of nitrogens with zero attached hydrogens (tertiary/aromatic N) is 1. The summed E-state index contributed by atoms with van der Waals surface area (Å²) in [6.45, 7) is 4.34. The van der Waals surface area contributed by atoms with Gasteiger partial charge >= 0.3 is 0 Å². The maximum absolute atomic E-state index is 12.4. The summed E-state index contributed by atoms with van der Waals surface area (Å²) in [6.07, 6.45) is 0. The van der Waals surface area contributed by atoms with Gasteiger partial charge in [-0.25, -0.2) is 4.98 Å². The van der Waals surface area contributed by atoms with Crippen LogP contribution in [0.5, 0.6) is 5.75 Å². The van der Waals surface area contributed by atoms with Crippen molar-refractivity contribution in [2.45, 2.75) is 26.5 Å². The number of carbonyl (C=O) groups is 1. The van der Waals surface area contributed by atoms with Crippen molar-refractivity contribution in [3.8, 4) is 5.75 Å². The Balaban J connectivity index is 1.58. The molecule has 4 nitrogen and oxygen atoms in total. The zero-order valence-corrected chi connectivity index (χ0v) is 15.0. The van der Waals surface area contributed by atoms with Crippen molar-refractivity contribution >= 4 is 17.2 Å². The van der Waals surface area contributed by atoms with E-state index in [0.29, 0.717) is 12.3 Å². The van der Waals surface area contributed by atoms with Crippen molar-refractivity contribution in [2.24, 2.45) is 0 Å². The summed E-state index contributed by atoms with van der Waals surface area (Å²) in [4.78, 5) is 16.7. The highest BCUT2D eigenvalue weighted by Gasteiger charge is 2.14. The van der Waals surface area contributed by atoms with Crippen LogP contribution in [0.3, 0.4) is 0 Å². The maximum atomic E-state index is 12.4. The van der Waals surface area contributed by atoms with E-state index >= 15 is 0 Å². The zero-order chi connectivity index (χ0) is 17.6. The molecule has 3 rings (SSSR count). The average Bonchev–Trinajstić information content (AvgIpc) is 3.10. The third kappa shape index (κ3) is 4.67. The molecule has 0 aliphatic carbocycles. The Morgan fingerprint density at radius 1 is 1.20 bits per heavy atom. The Morgan fingerprint density at radius 2 is 2.00 bits per heavy atom. The molecule has 128 valence electrons. The van der Waals surface area contributed by atoms with Crippen LogP contribution in [0.25, 0.3) is 0 Å². The molecule has 0 bridgehead atoms. The molecule has 1 unspecified atom stereocenters. The van der Waals surface area contributed by atoms with Gasteiger partial charge in [-0.05, 0) is 37.1 Å². The van der Waals surface area contributed by atoms with Crippen molar-refractivity contribution in [2.75, 3.05) is 0 Å². The van der Waals surface area contributed by atoms with Gasteiger partial charge in [0.15, 0.2) is 0 Å². The van der Waals surface area contributed by atoms with Crippen LogP contribution in [0.2, 0.25) is 0 Å². The van der Waals surface area contributed by atoms with Gasteiger partial charge in [0.05, 0.1) is 6.04 Å². The highest BCUT2D eigenvalue weighted by Crippen LogP contribution is 2.17. The highest BCUT2D eigenvalue weighted by molar-refractivity contribution is 7.09. The molecular formula is C20H20N2O2S. The van der Waals surface area contributed by atoms with E-state index in [0.717, 1.165) is 21.9 Å². The Labute approximate surface area is 151 Å². The molecule has 5 heteroatoms. The number of carbonyl (C=O) groups excluding carboxylic acids is 1. The summed E-state index contributed by atoms with van der Waals surface area (Å²) in [7, 11) is 0. The van der Waals surface area contributed by atoms with E-state index in [1.807, 2.05) is 68.4 Å². The summed E-state index contributed by atoms with van der Waals surface area (Å²) in [5, 5.41) is 5.51. The standard InChI is InChI=1S/C20H20N2O2S/c1-14-7-6-10-17(11-14)24-12-19-22-18(13-25-19)20(23)21-15(2)16-8-4-3-5-9-16/h3-11,13,15H,12H2,1-2H3,(H,21,23). The predicted molar refractivity (Wildman–Crippen MR) is 99.9 cm³/mol. The van der Waals surface area contributed by atoms with Crippen LogP contribution in [-0.2, 0) is 6.61 Å². The molecule has 1 N–H and O–H groups in total. The number of aromatic nitrogens is 1. The van der Waals surface area contributed by atoms with Crippen molar-refractivity contribution in [3.05, 3.63) is 81.8 Å². The summed E-state index contributed by atoms with van der Waals surface area (Å²) in [5.41, 5.74) is 2.64. The normalized spacial score (nSPS) is 11.8. The molecular weight excluding hydrogens is 332 g/mol. The third-order valence-corrected chi connectivity index (χ3v) is 4.61. The fourth-order valence-corrected chi connectivity index (χ4v) is 3.11. The Kier molecular flexibility index (Phi) is 5.46. The lowest BCUT2D eigenvalue weighted by Crippen LogP contribution is -2.26. The van der Waals surface area contributed by atoms with Gasteiger partial charge in [0.2, 0.25) is 0 Å². The first-order valence-electron chi connectivity index (χ1n) is 8.11. The van der Waals surface area contributed by atoms with Crippen LogP contribution in [-0.4, -0.2) is 10.9 Å². The monoisotopic (exact) mass is 352 g/mol. The molecule has 0 saturated heterocycles. The molecule has 0 aliphatic heterocycles.